The third kappa shape index (κ3) is 5.68. The van der Waals surface area contributed by atoms with Gasteiger partial charge in [0.1, 0.15) is 11.4 Å². The standard InChI is InChI=1S/C44H38N8O2/c1-4-5-25-38-45-41-39(42(53)50(3)43(54)49(41)2)51(38)30-31-26-28-32(29-27-31)36-23-15-16-24-37(36)40-46-47-48-52(40)44(33-17-9-6-10-18-33,34-19-11-7-12-20-34)35-21-13-8-14-22-35/h4-24,26-29H,25,30H2,1-3H3/b5-4+. The molecule has 0 saturated carbocycles. The summed E-state index contributed by atoms with van der Waals surface area (Å²) >= 11 is 0. The van der Waals surface area contributed by atoms with E-state index in [1.165, 1.54) is 11.6 Å². The van der Waals surface area contributed by atoms with E-state index in [-0.39, 0.29) is 5.56 Å². The van der Waals surface area contributed by atoms with Gasteiger partial charge in [0.15, 0.2) is 17.0 Å². The largest absolute Gasteiger partial charge is 0.332 e. The first-order valence-corrected chi connectivity index (χ1v) is 17.8. The molecule has 10 heteroatoms. The highest BCUT2D eigenvalue weighted by Gasteiger charge is 2.42. The lowest BCUT2D eigenvalue weighted by atomic mass is 9.77. The van der Waals surface area contributed by atoms with Gasteiger partial charge in [0, 0.05) is 32.6 Å². The van der Waals surface area contributed by atoms with Gasteiger partial charge in [0.05, 0.1) is 0 Å². The summed E-state index contributed by atoms with van der Waals surface area (Å²) < 4.78 is 6.44. The van der Waals surface area contributed by atoms with Gasteiger partial charge in [-0.05, 0) is 50.7 Å². The molecule has 0 radical (unpaired) electrons. The predicted octanol–water partition coefficient (Wildman–Crippen LogP) is 6.76. The monoisotopic (exact) mass is 710 g/mol. The number of aromatic nitrogens is 8. The van der Waals surface area contributed by atoms with Crippen LogP contribution in [0.4, 0.5) is 0 Å². The quantitative estimate of drug-likeness (QED) is 0.115. The van der Waals surface area contributed by atoms with Gasteiger partial charge in [0.2, 0.25) is 0 Å². The first kappa shape index (κ1) is 34.2. The first-order chi connectivity index (χ1) is 26.4. The predicted molar refractivity (Wildman–Crippen MR) is 211 cm³/mol. The molecule has 266 valence electrons. The van der Waals surface area contributed by atoms with Crippen LogP contribution in [0.3, 0.4) is 0 Å². The van der Waals surface area contributed by atoms with Crippen LogP contribution in [0.15, 0.2) is 161 Å². The van der Waals surface area contributed by atoms with Crippen molar-refractivity contribution in [2.24, 2.45) is 14.1 Å². The van der Waals surface area contributed by atoms with E-state index in [4.69, 9.17) is 15.3 Å². The number of hydrogen-bond acceptors (Lipinski definition) is 6. The van der Waals surface area contributed by atoms with Crippen molar-refractivity contribution >= 4 is 11.2 Å². The van der Waals surface area contributed by atoms with E-state index in [1.807, 2.05) is 95.1 Å². The maximum atomic E-state index is 13.4. The molecule has 0 amide bonds. The maximum absolute atomic E-state index is 13.4. The van der Waals surface area contributed by atoms with E-state index in [0.29, 0.717) is 35.8 Å². The van der Waals surface area contributed by atoms with E-state index in [2.05, 4.69) is 78.0 Å². The van der Waals surface area contributed by atoms with Crippen LogP contribution in [0, 0.1) is 0 Å². The molecule has 3 heterocycles. The number of benzene rings is 5. The van der Waals surface area contributed by atoms with Crippen LogP contribution in [0.25, 0.3) is 33.7 Å². The molecule has 0 aliphatic carbocycles. The number of imidazole rings is 1. The molecule has 0 aliphatic rings. The van der Waals surface area contributed by atoms with Gasteiger partial charge in [-0.3, -0.25) is 13.9 Å². The Kier molecular flexibility index (Phi) is 9.00. The molecule has 10 nitrogen and oxygen atoms in total. The highest BCUT2D eigenvalue weighted by atomic mass is 16.2. The number of aryl methyl sites for hydroxylation is 1. The molecule has 0 fully saturated rings. The molecule has 0 aliphatic heterocycles. The van der Waals surface area contributed by atoms with Gasteiger partial charge in [-0.2, -0.15) is 0 Å². The number of allylic oxidation sites excluding steroid dienone is 2. The normalized spacial score (nSPS) is 11.8. The van der Waals surface area contributed by atoms with Crippen molar-refractivity contribution in [2.75, 3.05) is 0 Å². The zero-order chi connectivity index (χ0) is 37.2. The van der Waals surface area contributed by atoms with Gasteiger partial charge in [-0.25, -0.2) is 14.5 Å². The van der Waals surface area contributed by atoms with Gasteiger partial charge in [-0.1, -0.05) is 152 Å². The van der Waals surface area contributed by atoms with Crippen molar-refractivity contribution in [2.45, 2.75) is 25.4 Å². The minimum atomic E-state index is -0.890. The van der Waals surface area contributed by atoms with Gasteiger partial charge in [-0.15, -0.1) is 5.10 Å². The average Bonchev–Trinajstić information content (AvgIpc) is 3.86. The highest BCUT2D eigenvalue weighted by Crippen LogP contribution is 2.43. The zero-order valence-electron chi connectivity index (χ0n) is 30.2. The molecule has 54 heavy (non-hydrogen) atoms. The summed E-state index contributed by atoms with van der Waals surface area (Å²) in [6.45, 7) is 2.35. The van der Waals surface area contributed by atoms with Crippen molar-refractivity contribution in [3.8, 4) is 22.5 Å². The molecule has 0 bridgehead atoms. The fraction of sp³-hybridized carbons (Fsp3) is 0.136. The number of nitrogens with zero attached hydrogens (tertiary/aromatic N) is 8. The summed E-state index contributed by atoms with van der Waals surface area (Å²) in [5.41, 5.74) is 5.99. The summed E-state index contributed by atoms with van der Waals surface area (Å²) in [4.78, 5) is 30.9. The smallest absolute Gasteiger partial charge is 0.317 e. The Morgan fingerprint density at radius 3 is 1.80 bits per heavy atom. The Morgan fingerprint density at radius 2 is 1.22 bits per heavy atom. The molecular weight excluding hydrogens is 673 g/mol. The molecule has 0 unspecified atom stereocenters. The zero-order valence-corrected chi connectivity index (χ0v) is 30.2. The first-order valence-electron chi connectivity index (χ1n) is 17.8. The Morgan fingerprint density at radius 1 is 0.667 bits per heavy atom. The fourth-order valence-corrected chi connectivity index (χ4v) is 7.43. The second-order valence-corrected chi connectivity index (χ2v) is 13.2. The van der Waals surface area contributed by atoms with Crippen LogP contribution in [0.2, 0.25) is 0 Å². The SMILES string of the molecule is C/C=C/Cc1nc2c(c(=O)n(C)c(=O)n2C)n1Cc1ccc(-c2ccccc2-c2nnnn2C(c2ccccc2)(c2ccccc2)c2ccccc2)cc1. The van der Waals surface area contributed by atoms with Crippen molar-refractivity contribution in [3.05, 3.63) is 201 Å². The van der Waals surface area contributed by atoms with Crippen molar-refractivity contribution in [3.63, 3.8) is 0 Å². The molecule has 8 rings (SSSR count). The summed E-state index contributed by atoms with van der Waals surface area (Å²) in [6.07, 6.45) is 4.47. The van der Waals surface area contributed by atoms with Crippen LogP contribution in [0.5, 0.6) is 0 Å². The van der Waals surface area contributed by atoms with Crippen LogP contribution >= 0.6 is 0 Å². The summed E-state index contributed by atoms with van der Waals surface area (Å²) in [5, 5.41) is 13.8. The van der Waals surface area contributed by atoms with Crippen LogP contribution in [-0.2, 0) is 32.6 Å². The van der Waals surface area contributed by atoms with E-state index < -0.39 is 11.2 Å². The van der Waals surface area contributed by atoms with E-state index in [0.717, 1.165) is 43.5 Å². The molecule has 8 aromatic rings. The highest BCUT2D eigenvalue weighted by molar-refractivity contribution is 5.81. The van der Waals surface area contributed by atoms with Crippen LogP contribution < -0.4 is 11.2 Å². The van der Waals surface area contributed by atoms with E-state index >= 15 is 0 Å². The fourth-order valence-electron chi connectivity index (χ4n) is 7.43. The minimum absolute atomic E-state index is 0.367. The lowest BCUT2D eigenvalue weighted by molar-refractivity contribution is 0.451. The van der Waals surface area contributed by atoms with Crippen LogP contribution in [0.1, 0.15) is 35.0 Å². The maximum Gasteiger partial charge on any atom is 0.332 e. The van der Waals surface area contributed by atoms with Crippen molar-refractivity contribution in [1.29, 1.82) is 0 Å². The van der Waals surface area contributed by atoms with E-state index in [9.17, 15) is 9.59 Å². The number of tetrazole rings is 1. The molecule has 3 aromatic heterocycles. The van der Waals surface area contributed by atoms with E-state index in [1.54, 1.807) is 7.05 Å². The summed E-state index contributed by atoms with van der Waals surface area (Å²) in [5.74, 6) is 1.33. The molecule has 5 aromatic carbocycles. The second-order valence-electron chi connectivity index (χ2n) is 13.2. The minimum Gasteiger partial charge on any atom is -0.317 e. The molecule has 0 saturated heterocycles. The Bertz CT molecular complexity index is 2630. The Labute approximate surface area is 311 Å². The van der Waals surface area contributed by atoms with Gasteiger partial charge in [0.25, 0.3) is 5.56 Å². The topological polar surface area (TPSA) is 105 Å². The lowest BCUT2D eigenvalue weighted by Gasteiger charge is -2.36. The van der Waals surface area contributed by atoms with Gasteiger partial charge >= 0.3 is 5.69 Å². The number of rotatable bonds is 10. The Balaban J connectivity index is 1.24. The average molecular weight is 711 g/mol. The third-order valence-electron chi connectivity index (χ3n) is 10.1. The Hall–Kier alpha value is -6.94. The third-order valence-corrected chi connectivity index (χ3v) is 10.1. The summed E-state index contributed by atoms with van der Waals surface area (Å²) in [6, 6.07) is 47.5. The summed E-state index contributed by atoms with van der Waals surface area (Å²) in [7, 11) is 3.15. The lowest BCUT2D eigenvalue weighted by Crippen LogP contribution is -2.39. The van der Waals surface area contributed by atoms with Crippen molar-refractivity contribution in [1.82, 2.24) is 38.9 Å². The molecular formula is C44H38N8O2. The van der Waals surface area contributed by atoms with Crippen molar-refractivity contribution < 1.29 is 0 Å². The second kappa shape index (κ2) is 14.2. The van der Waals surface area contributed by atoms with Gasteiger partial charge < -0.3 is 4.57 Å². The molecule has 0 spiro atoms. The molecule has 0 atom stereocenters. The number of fused-ring (bicyclic) bond motifs is 1. The van der Waals surface area contributed by atoms with Crippen LogP contribution in [-0.4, -0.2) is 38.9 Å². The molecule has 0 N–H and O–H groups in total. The number of hydrogen-bond donors (Lipinski definition) is 0.